The van der Waals surface area contributed by atoms with Crippen molar-refractivity contribution in [2.45, 2.75) is 0 Å². The Bertz CT molecular complexity index is 472. The van der Waals surface area contributed by atoms with Gasteiger partial charge in [-0.05, 0) is 45.7 Å². The van der Waals surface area contributed by atoms with Gasteiger partial charge in [0.05, 0.1) is 5.02 Å². The summed E-state index contributed by atoms with van der Waals surface area (Å²) in [5.74, 6) is 0.437. The Kier molecular flexibility index (Phi) is 2.76. The molecule has 0 spiro atoms. The Morgan fingerprint density at radius 2 is 2.07 bits per heavy atom. The van der Waals surface area contributed by atoms with Gasteiger partial charge in [-0.3, -0.25) is 0 Å². The first-order chi connectivity index (χ1) is 6.66. The van der Waals surface area contributed by atoms with Crippen LogP contribution in [0.15, 0.2) is 27.2 Å². The van der Waals surface area contributed by atoms with Crippen LogP contribution < -0.4 is 0 Å². The number of halogens is 3. The summed E-state index contributed by atoms with van der Waals surface area (Å²) in [5, 5.41) is 4.32. The minimum Gasteiger partial charge on any atom is -0.321 e. The van der Waals surface area contributed by atoms with Crippen LogP contribution in [0.25, 0.3) is 11.4 Å². The summed E-state index contributed by atoms with van der Waals surface area (Å²) in [5.41, 5.74) is 0.789. The fourth-order valence-electron chi connectivity index (χ4n) is 0.957. The monoisotopic (exact) mass is 292 g/mol. The first-order valence-electron chi connectivity index (χ1n) is 3.61. The standard InChI is InChI=1S/C8H3BrCl2N2O/c9-5-3-4(1-2-6(5)10)7-12-8(11)14-13-7/h1-3H. The van der Waals surface area contributed by atoms with E-state index in [1.54, 1.807) is 18.2 Å². The van der Waals surface area contributed by atoms with Crippen LogP contribution in [0, 0.1) is 0 Å². The molecular formula is C8H3BrCl2N2O. The average molecular weight is 294 g/mol. The third-order valence-electron chi connectivity index (χ3n) is 1.58. The molecule has 3 nitrogen and oxygen atoms in total. The van der Waals surface area contributed by atoms with Gasteiger partial charge in [0, 0.05) is 10.0 Å². The molecule has 0 fully saturated rings. The van der Waals surface area contributed by atoms with E-state index in [0.29, 0.717) is 10.8 Å². The first-order valence-corrected chi connectivity index (χ1v) is 5.16. The van der Waals surface area contributed by atoms with Crippen LogP contribution >= 0.6 is 39.1 Å². The molecule has 2 rings (SSSR count). The molecule has 6 heteroatoms. The van der Waals surface area contributed by atoms with Crippen molar-refractivity contribution in [3.63, 3.8) is 0 Å². The second-order valence-corrected chi connectivity index (χ2v) is 4.08. The summed E-state index contributed by atoms with van der Waals surface area (Å²) in [6.45, 7) is 0. The third-order valence-corrected chi connectivity index (χ3v) is 2.95. The summed E-state index contributed by atoms with van der Waals surface area (Å²) in [6, 6.07) is 5.32. The van der Waals surface area contributed by atoms with Gasteiger partial charge in [-0.25, -0.2) is 0 Å². The molecule has 0 atom stereocenters. The van der Waals surface area contributed by atoms with Crippen LogP contribution in [0.5, 0.6) is 0 Å². The van der Waals surface area contributed by atoms with Crippen LogP contribution in [-0.4, -0.2) is 10.1 Å². The van der Waals surface area contributed by atoms with Gasteiger partial charge in [-0.2, -0.15) is 4.98 Å². The van der Waals surface area contributed by atoms with Crippen LogP contribution in [0.3, 0.4) is 0 Å². The van der Waals surface area contributed by atoms with Crippen molar-refractivity contribution in [1.29, 1.82) is 0 Å². The first kappa shape index (κ1) is 9.96. The molecule has 0 aliphatic rings. The van der Waals surface area contributed by atoms with Crippen LogP contribution in [0.4, 0.5) is 0 Å². The summed E-state index contributed by atoms with van der Waals surface area (Å²) in [7, 11) is 0. The highest BCUT2D eigenvalue weighted by molar-refractivity contribution is 9.10. The van der Waals surface area contributed by atoms with E-state index in [2.05, 4.69) is 30.6 Å². The number of nitrogens with zero attached hydrogens (tertiary/aromatic N) is 2. The molecule has 0 amide bonds. The fourth-order valence-corrected chi connectivity index (χ4v) is 1.57. The molecule has 1 heterocycles. The predicted octanol–water partition coefficient (Wildman–Crippen LogP) is 3.81. The van der Waals surface area contributed by atoms with Crippen molar-refractivity contribution in [3.8, 4) is 11.4 Å². The van der Waals surface area contributed by atoms with Crippen LogP contribution in [-0.2, 0) is 0 Å². The van der Waals surface area contributed by atoms with E-state index < -0.39 is 0 Å². The van der Waals surface area contributed by atoms with E-state index >= 15 is 0 Å². The van der Waals surface area contributed by atoms with E-state index in [9.17, 15) is 0 Å². The number of aromatic nitrogens is 2. The summed E-state index contributed by atoms with van der Waals surface area (Å²) < 4.78 is 5.42. The van der Waals surface area contributed by atoms with Gasteiger partial charge in [0.1, 0.15) is 0 Å². The highest BCUT2D eigenvalue weighted by atomic mass is 79.9. The van der Waals surface area contributed by atoms with Crippen molar-refractivity contribution in [1.82, 2.24) is 10.1 Å². The lowest BCUT2D eigenvalue weighted by atomic mass is 10.2. The van der Waals surface area contributed by atoms with E-state index in [1.807, 2.05) is 0 Å². The van der Waals surface area contributed by atoms with Gasteiger partial charge < -0.3 is 4.52 Å². The molecule has 0 unspecified atom stereocenters. The highest BCUT2D eigenvalue weighted by Crippen LogP contribution is 2.27. The third kappa shape index (κ3) is 1.92. The lowest BCUT2D eigenvalue weighted by Crippen LogP contribution is -1.80. The maximum atomic E-state index is 5.84. The van der Waals surface area contributed by atoms with Gasteiger partial charge in [0.15, 0.2) is 0 Å². The SMILES string of the molecule is Clc1nc(-c2ccc(Cl)c(Br)c2)no1. The lowest BCUT2D eigenvalue weighted by molar-refractivity contribution is 0.421. The van der Waals surface area contributed by atoms with E-state index in [-0.39, 0.29) is 5.35 Å². The minimum atomic E-state index is 0.0195. The Balaban J connectivity index is 2.47. The van der Waals surface area contributed by atoms with E-state index in [4.69, 9.17) is 23.2 Å². The second kappa shape index (κ2) is 3.88. The van der Waals surface area contributed by atoms with Gasteiger partial charge in [0.25, 0.3) is 0 Å². The van der Waals surface area contributed by atoms with Gasteiger partial charge in [0.2, 0.25) is 5.82 Å². The maximum Gasteiger partial charge on any atom is 0.320 e. The summed E-state index contributed by atoms with van der Waals surface area (Å²) in [6.07, 6.45) is 0. The number of benzene rings is 1. The zero-order valence-electron chi connectivity index (χ0n) is 6.67. The minimum absolute atomic E-state index is 0.0195. The largest absolute Gasteiger partial charge is 0.321 e. The summed E-state index contributed by atoms with van der Waals surface area (Å²) in [4.78, 5) is 3.88. The molecule has 0 bridgehead atoms. The molecular weight excluding hydrogens is 291 g/mol. The van der Waals surface area contributed by atoms with Crippen molar-refractivity contribution in [2.24, 2.45) is 0 Å². The van der Waals surface area contributed by atoms with Gasteiger partial charge in [-0.1, -0.05) is 16.8 Å². The van der Waals surface area contributed by atoms with Crippen molar-refractivity contribution in [2.75, 3.05) is 0 Å². The fraction of sp³-hybridized carbons (Fsp3) is 0. The van der Waals surface area contributed by atoms with Crippen LogP contribution in [0.2, 0.25) is 10.4 Å². The zero-order chi connectivity index (χ0) is 10.1. The Morgan fingerprint density at radius 1 is 1.29 bits per heavy atom. The normalized spacial score (nSPS) is 10.5. The molecule has 72 valence electrons. The number of hydrogen-bond donors (Lipinski definition) is 0. The smallest absolute Gasteiger partial charge is 0.320 e. The molecule has 0 radical (unpaired) electrons. The molecule has 1 aromatic carbocycles. The second-order valence-electron chi connectivity index (χ2n) is 2.50. The predicted molar refractivity (Wildman–Crippen MR) is 57.5 cm³/mol. The van der Waals surface area contributed by atoms with Crippen molar-refractivity contribution < 1.29 is 4.52 Å². The number of hydrogen-bond acceptors (Lipinski definition) is 3. The maximum absolute atomic E-state index is 5.84. The molecule has 0 saturated carbocycles. The molecule has 0 N–H and O–H groups in total. The van der Waals surface area contributed by atoms with Gasteiger partial charge in [-0.15, -0.1) is 0 Å². The molecule has 2 aromatic rings. The molecule has 14 heavy (non-hydrogen) atoms. The molecule has 1 aromatic heterocycles. The molecule has 0 saturated heterocycles. The average Bonchev–Trinajstić information content (AvgIpc) is 2.57. The molecule has 0 aliphatic heterocycles. The summed E-state index contributed by atoms with van der Waals surface area (Å²) >= 11 is 14.6. The van der Waals surface area contributed by atoms with Crippen molar-refractivity contribution >= 4 is 39.1 Å². The van der Waals surface area contributed by atoms with Crippen LogP contribution in [0.1, 0.15) is 0 Å². The Hall–Kier alpha value is -0.580. The highest BCUT2D eigenvalue weighted by Gasteiger charge is 2.07. The zero-order valence-corrected chi connectivity index (χ0v) is 9.77. The molecule has 0 aliphatic carbocycles. The Labute approximate surface area is 98.1 Å². The van der Waals surface area contributed by atoms with E-state index in [0.717, 1.165) is 10.0 Å². The lowest BCUT2D eigenvalue weighted by Gasteiger charge is -1.97. The Morgan fingerprint density at radius 3 is 2.64 bits per heavy atom. The van der Waals surface area contributed by atoms with E-state index in [1.165, 1.54) is 0 Å². The quantitative estimate of drug-likeness (QED) is 0.802. The van der Waals surface area contributed by atoms with Crippen molar-refractivity contribution in [3.05, 3.63) is 33.0 Å². The topological polar surface area (TPSA) is 38.9 Å². The van der Waals surface area contributed by atoms with Gasteiger partial charge >= 0.3 is 5.35 Å². The number of rotatable bonds is 1.